The van der Waals surface area contributed by atoms with Crippen LogP contribution in [0, 0.1) is 11.6 Å². The standard InChI is InChI=1S/C10H14F2N2O2S.ClH/c1-10(2,13)6-14-17(15,16)9-4-3-7(11)5-8(9)12;/h3-5,14H,6,13H2,1-2H3;1H. The third-order valence-electron chi connectivity index (χ3n) is 1.90. The molecule has 0 aliphatic heterocycles. The Morgan fingerprint density at radius 3 is 2.33 bits per heavy atom. The van der Waals surface area contributed by atoms with Crippen molar-refractivity contribution in [3.63, 3.8) is 0 Å². The number of nitrogens with one attached hydrogen (secondary N) is 1. The summed E-state index contributed by atoms with van der Waals surface area (Å²) in [5.74, 6) is -1.96. The minimum atomic E-state index is -4.01. The van der Waals surface area contributed by atoms with Crippen LogP contribution in [-0.4, -0.2) is 20.5 Å². The number of hydrogen-bond acceptors (Lipinski definition) is 3. The lowest BCUT2D eigenvalue weighted by Crippen LogP contribution is -2.45. The van der Waals surface area contributed by atoms with E-state index < -0.39 is 32.1 Å². The Morgan fingerprint density at radius 1 is 1.33 bits per heavy atom. The van der Waals surface area contributed by atoms with Crippen molar-refractivity contribution in [3.8, 4) is 0 Å². The number of rotatable bonds is 4. The molecule has 0 amide bonds. The molecule has 0 atom stereocenters. The first kappa shape index (κ1) is 17.2. The van der Waals surface area contributed by atoms with Gasteiger partial charge in [-0.05, 0) is 26.0 Å². The van der Waals surface area contributed by atoms with E-state index in [1.54, 1.807) is 13.8 Å². The number of nitrogens with two attached hydrogens (primary N) is 1. The van der Waals surface area contributed by atoms with Crippen LogP contribution in [0.3, 0.4) is 0 Å². The van der Waals surface area contributed by atoms with Crippen molar-refractivity contribution in [2.75, 3.05) is 6.54 Å². The number of benzene rings is 1. The Bertz CT molecular complexity index is 515. The third kappa shape index (κ3) is 4.85. The van der Waals surface area contributed by atoms with Crippen molar-refractivity contribution in [3.05, 3.63) is 29.8 Å². The van der Waals surface area contributed by atoms with E-state index in [0.29, 0.717) is 6.07 Å². The first-order valence-electron chi connectivity index (χ1n) is 4.85. The second kappa shape index (κ2) is 5.92. The summed E-state index contributed by atoms with van der Waals surface area (Å²) >= 11 is 0. The van der Waals surface area contributed by atoms with Crippen LogP contribution in [0.25, 0.3) is 0 Å². The number of halogens is 3. The van der Waals surface area contributed by atoms with Crippen molar-refractivity contribution >= 4 is 22.4 Å². The molecular formula is C10H15ClF2N2O2S. The molecule has 3 N–H and O–H groups in total. The monoisotopic (exact) mass is 300 g/mol. The highest BCUT2D eigenvalue weighted by molar-refractivity contribution is 7.89. The molecule has 1 aromatic rings. The van der Waals surface area contributed by atoms with Gasteiger partial charge in [-0.25, -0.2) is 21.9 Å². The summed E-state index contributed by atoms with van der Waals surface area (Å²) in [4.78, 5) is -0.594. The molecule has 8 heteroatoms. The lowest BCUT2D eigenvalue weighted by atomic mass is 10.1. The molecule has 0 saturated heterocycles. The Balaban J connectivity index is 0.00000289. The summed E-state index contributed by atoms with van der Waals surface area (Å²) in [7, 11) is -4.01. The molecule has 0 aliphatic rings. The Morgan fingerprint density at radius 2 is 1.89 bits per heavy atom. The second-order valence-corrected chi connectivity index (χ2v) is 6.12. The Hall–Kier alpha value is -0.760. The molecule has 0 saturated carbocycles. The van der Waals surface area contributed by atoms with Crippen molar-refractivity contribution in [2.45, 2.75) is 24.3 Å². The fraction of sp³-hybridized carbons (Fsp3) is 0.400. The van der Waals surface area contributed by atoms with Gasteiger partial charge < -0.3 is 5.73 Å². The molecule has 1 rings (SSSR count). The molecule has 0 aromatic heterocycles. The molecule has 18 heavy (non-hydrogen) atoms. The summed E-state index contributed by atoms with van der Waals surface area (Å²) < 4.78 is 51.4. The summed E-state index contributed by atoms with van der Waals surface area (Å²) in [5.41, 5.74) is 4.84. The van der Waals surface area contributed by atoms with Crippen molar-refractivity contribution < 1.29 is 17.2 Å². The van der Waals surface area contributed by atoms with E-state index in [2.05, 4.69) is 4.72 Å². The highest BCUT2D eigenvalue weighted by atomic mass is 35.5. The van der Waals surface area contributed by atoms with Crippen LogP contribution in [0.5, 0.6) is 0 Å². The summed E-state index contributed by atoms with van der Waals surface area (Å²) in [6.45, 7) is 3.19. The highest BCUT2D eigenvalue weighted by Gasteiger charge is 2.22. The van der Waals surface area contributed by atoms with Gasteiger partial charge in [0.25, 0.3) is 0 Å². The molecular weight excluding hydrogens is 286 g/mol. The minimum Gasteiger partial charge on any atom is -0.324 e. The molecule has 0 spiro atoms. The lowest BCUT2D eigenvalue weighted by molar-refractivity contribution is 0.493. The van der Waals surface area contributed by atoms with Crippen LogP contribution >= 0.6 is 12.4 Å². The van der Waals surface area contributed by atoms with Gasteiger partial charge in [0.2, 0.25) is 10.0 Å². The van der Waals surface area contributed by atoms with Gasteiger partial charge in [-0.15, -0.1) is 12.4 Å². The van der Waals surface area contributed by atoms with E-state index in [1.807, 2.05) is 0 Å². The summed E-state index contributed by atoms with van der Waals surface area (Å²) in [5, 5.41) is 0. The van der Waals surface area contributed by atoms with E-state index in [1.165, 1.54) is 0 Å². The average molecular weight is 301 g/mol. The SMILES string of the molecule is CC(C)(N)CNS(=O)(=O)c1ccc(F)cc1F.Cl. The van der Waals surface area contributed by atoms with Gasteiger partial charge in [-0.2, -0.15) is 0 Å². The maximum atomic E-state index is 13.3. The molecule has 0 heterocycles. The molecule has 0 aliphatic carbocycles. The smallest absolute Gasteiger partial charge is 0.243 e. The first-order chi connectivity index (χ1) is 7.62. The van der Waals surface area contributed by atoms with Gasteiger partial charge >= 0.3 is 0 Å². The van der Waals surface area contributed by atoms with Crippen LogP contribution in [0.2, 0.25) is 0 Å². The topological polar surface area (TPSA) is 72.2 Å². The van der Waals surface area contributed by atoms with Crippen LogP contribution in [0.4, 0.5) is 8.78 Å². The normalized spacial score (nSPS) is 12.1. The number of sulfonamides is 1. The van der Waals surface area contributed by atoms with E-state index in [4.69, 9.17) is 5.73 Å². The molecule has 0 fully saturated rings. The van der Waals surface area contributed by atoms with Gasteiger partial charge in [0.1, 0.15) is 16.5 Å². The molecule has 104 valence electrons. The van der Waals surface area contributed by atoms with Crippen LogP contribution in [0.15, 0.2) is 23.1 Å². The first-order valence-corrected chi connectivity index (χ1v) is 6.34. The number of hydrogen-bond donors (Lipinski definition) is 2. The van der Waals surface area contributed by atoms with Crippen LogP contribution in [-0.2, 0) is 10.0 Å². The zero-order valence-electron chi connectivity index (χ0n) is 9.91. The van der Waals surface area contributed by atoms with E-state index >= 15 is 0 Å². The van der Waals surface area contributed by atoms with Crippen molar-refractivity contribution in [1.29, 1.82) is 0 Å². The minimum absolute atomic E-state index is 0. The maximum absolute atomic E-state index is 13.3. The van der Waals surface area contributed by atoms with Gasteiger partial charge in [0.05, 0.1) is 0 Å². The van der Waals surface area contributed by atoms with Gasteiger partial charge in [0.15, 0.2) is 0 Å². The lowest BCUT2D eigenvalue weighted by Gasteiger charge is -2.19. The average Bonchev–Trinajstić information content (AvgIpc) is 2.13. The van der Waals surface area contributed by atoms with Crippen LogP contribution < -0.4 is 10.5 Å². The molecule has 0 unspecified atom stereocenters. The van der Waals surface area contributed by atoms with E-state index in [9.17, 15) is 17.2 Å². The van der Waals surface area contributed by atoms with Crippen LogP contribution in [0.1, 0.15) is 13.8 Å². The Labute approximate surface area is 111 Å². The van der Waals surface area contributed by atoms with Crippen molar-refractivity contribution in [2.24, 2.45) is 5.73 Å². The molecule has 0 radical (unpaired) electrons. The predicted molar refractivity (Wildman–Crippen MR) is 67.1 cm³/mol. The fourth-order valence-corrected chi connectivity index (χ4v) is 2.33. The van der Waals surface area contributed by atoms with Gasteiger partial charge in [-0.3, -0.25) is 0 Å². The second-order valence-electron chi connectivity index (χ2n) is 4.39. The summed E-state index contributed by atoms with van der Waals surface area (Å²) in [6.07, 6.45) is 0. The largest absolute Gasteiger partial charge is 0.324 e. The molecule has 1 aromatic carbocycles. The Kier molecular flexibility index (Phi) is 5.67. The van der Waals surface area contributed by atoms with Gasteiger partial charge in [-0.1, -0.05) is 0 Å². The zero-order valence-corrected chi connectivity index (χ0v) is 11.5. The molecule has 0 bridgehead atoms. The van der Waals surface area contributed by atoms with E-state index in [-0.39, 0.29) is 19.0 Å². The highest BCUT2D eigenvalue weighted by Crippen LogP contribution is 2.15. The third-order valence-corrected chi connectivity index (χ3v) is 3.34. The predicted octanol–water partition coefficient (Wildman–Crippen LogP) is 1.40. The summed E-state index contributed by atoms with van der Waals surface area (Å²) in [6, 6.07) is 2.27. The zero-order chi connectivity index (χ0) is 13.3. The van der Waals surface area contributed by atoms with Crippen molar-refractivity contribution in [1.82, 2.24) is 4.72 Å². The fourth-order valence-electron chi connectivity index (χ4n) is 1.05. The quantitative estimate of drug-likeness (QED) is 0.883. The van der Waals surface area contributed by atoms with E-state index in [0.717, 1.165) is 12.1 Å². The molecule has 4 nitrogen and oxygen atoms in total. The maximum Gasteiger partial charge on any atom is 0.243 e. The van der Waals surface area contributed by atoms with Gasteiger partial charge in [0, 0.05) is 18.2 Å².